The van der Waals surface area contributed by atoms with Crippen LogP contribution in [0.25, 0.3) is 10.1 Å². The van der Waals surface area contributed by atoms with Gasteiger partial charge in [-0.3, -0.25) is 0 Å². The Labute approximate surface area is 138 Å². The van der Waals surface area contributed by atoms with Gasteiger partial charge in [0.05, 0.1) is 25.0 Å². The maximum Gasteiger partial charge on any atom is 0.350 e. The molecule has 1 aromatic heterocycles. The summed E-state index contributed by atoms with van der Waals surface area (Å²) in [6, 6.07) is 5.11. The SMILES string of the molecule is CCOC(=O)c1sc2ccc(C(=O)OC)cc2c1NC[C@@H](C)N. The van der Waals surface area contributed by atoms with Crippen LogP contribution in [0.1, 0.15) is 33.9 Å². The Bertz CT molecular complexity index is 724. The van der Waals surface area contributed by atoms with Crippen molar-refractivity contribution in [2.45, 2.75) is 19.9 Å². The number of nitrogens with two attached hydrogens (primary N) is 1. The summed E-state index contributed by atoms with van der Waals surface area (Å²) in [5, 5.41) is 3.97. The maximum absolute atomic E-state index is 12.2. The van der Waals surface area contributed by atoms with Gasteiger partial charge in [-0.25, -0.2) is 9.59 Å². The predicted octanol–water partition coefficient (Wildman–Crippen LogP) is 2.62. The first-order valence-electron chi connectivity index (χ1n) is 7.29. The number of benzene rings is 1. The van der Waals surface area contributed by atoms with E-state index in [0.717, 1.165) is 10.1 Å². The summed E-state index contributed by atoms with van der Waals surface area (Å²) in [6.45, 7) is 4.43. The Balaban J connectivity index is 2.53. The molecule has 0 aliphatic heterocycles. The number of fused-ring (bicyclic) bond motifs is 1. The zero-order valence-corrected chi connectivity index (χ0v) is 14.2. The number of anilines is 1. The molecule has 2 aromatic rings. The number of methoxy groups -OCH3 is 1. The monoisotopic (exact) mass is 336 g/mol. The van der Waals surface area contributed by atoms with Crippen LogP contribution in [-0.2, 0) is 9.47 Å². The van der Waals surface area contributed by atoms with Crippen LogP contribution in [0.2, 0.25) is 0 Å². The standard InChI is InChI=1S/C16H20N2O4S/c1-4-22-16(20)14-13(18-8-9(2)17)11-7-10(15(19)21-3)5-6-12(11)23-14/h5-7,9,18H,4,8,17H2,1-3H3/t9-/m1/s1. The van der Waals surface area contributed by atoms with Gasteiger partial charge in [0, 0.05) is 22.7 Å². The molecule has 0 radical (unpaired) electrons. The Kier molecular flexibility index (Phi) is 5.57. The van der Waals surface area contributed by atoms with Crippen molar-refractivity contribution < 1.29 is 19.1 Å². The van der Waals surface area contributed by atoms with E-state index in [2.05, 4.69) is 5.32 Å². The van der Waals surface area contributed by atoms with Crippen LogP contribution in [0.15, 0.2) is 18.2 Å². The lowest BCUT2D eigenvalue weighted by atomic mass is 10.1. The molecular weight excluding hydrogens is 316 g/mol. The third-order valence-electron chi connectivity index (χ3n) is 3.17. The highest BCUT2D eigenvalue weighted by atomic mass is 32.1. The summed E-state index contributed by atoms with van der Waals surface area (Å²) in [6.07, 6.45) is 0. The molecule has 0 aliphatic rings. The Morgan fingerprint density at radius 2 is 2.09 bits per heavy atom. The number of esters is 2. The fourth-order valence-electron chi connectivity index (χ4n) is 2.12. The van der Waals surface area contributed by atoms with E-state index >= 15 is 0 Å². The molecule has 1 aromatic carbocycles. The third-order valence-corrected chi connectivity index (χ3v) is 4.32. The van der Waals surface area contributed by atoms with Gasteiger partial charge in [-0.05, 0) is 32.0 Å². The average molecular weight is 336 g/mol. The lowest BCUT2D eigenvalue weighted by molar-refractivity contribution is 0.0532. The minimum absolute atomic E-state index is 0.0798. The topological polar surface area (TPSA) is 90.7 Å². The molecule has 23 heavy (non-hydrogen) atoms. The summed E-state index contributed by atoms with van der Waals surface area (Å²) in [5.74, 6) is -0.811. The van der Waals surface area contributed by atoms with Gasteiger partial charge in [-0.15, -0.1) is 11.3 Å². The molecule has 124 valence electrons. The predicted molar refractivity (Wildman–Crippen MR) is 91.3 cm³/mol. The smallest absolute Gasteiger partial charge is 0.350 e. The highest BCUT2D eigenvalue weighted by Crippen LogP contribution is 2.37. The van der Waals surface area contributed by atoms with Crippen LogP contribution in [-0.4, -0.2) is 38.2 Å². The molecule has 0 fully saturated rings. The van der Waals surface area contributed by atoms with E-state index in [1.165, 1.54) is 18.4 Å². The van der Waals surface area contributed by atoms with Gasteiger partial charge >= 0.3 is 11.9 Å². The second-order valence-corrected chi connectivity index (χ2v) is 6.14. The fraction of sp³-hybridized carbons (Fsp3) is 0.375. The molecule has 0 amide bonds. The van der Waals surface area contributed by atoms with E-state index in [4.69, 9.17) is 15.2 Å². The molecule has 0 saturated heterocycles. The molecule has 0 unspecified atom stereocenters. The number of hydrogen-bond donors (Lipinski definition) is 2. The molecular formula is C16H20N2O4S. The normalized spacial score (nSPS) is 12.0. The summed E-state index contributed by atoms with van der Waals surface area (Å²) in [4.78, 5) is 24.4. The molecule has 1 atom stereocenters. The Morgan fingerprint density at radius 3 is 2.70 bits per heavy atom. The van der Waals surface area contributed by atoms with Crippen molar-refractivity contribution in [1.29, 1.82) is 0 Å². The summed E-state index contributed by atoms with van der Waals surface area (Å²) in [5.41, 5.74) is 6.86. The van der Waals surface area contributed by atoms with Crippen molar-refractivity contribution in [3.63, 3.8) is 0 Å². The number of thiophene rings is 1. The van der Waals surface area contributed by atoms with Crippen molar-refractivity contribution in [3.05, 3.63) is 28.6 Å². The molecule has 0 spiro atoms. The number of rotatable bonds is 6. The van der Waals surface area contributed by atoms with Crippen LogP contribution in [0.3, 0.4) is 0 Å². The van der Waals surface area contributed by atoms with Crippen LogP contribution in [0.4, 0.5) is 5.69 Å². The lowest BCUT2D eigenvalue weighted by Crippen LogP contribution is -2.25. The first kappa shape index (κ1) is 17.2. The zero-order chi connectivity index (χ0) is 17.0. The van der Waals surface area contributed by atoms with E-state index in [0.29, 0.717) is 29.3 Å². The van der Waals surface area contributed by atoms with E-state index in [1.54, 1.807) is 25.1 Å². The van der Waals surface area contributed by atoms with Crippen LogP contribution < -0.4 is 11.1 Å². The van der Waals surface area contributed by atoms with E-state index in [1.807, 2.05) is 6.92 Å². The fourth-order valence-corrected chi connectivity index (χ4v) is 3.17. The third kappa shape index (κ3) is 3.80. The maximum atomic E-state index is 12.2. The minimum Gasteiger partial charge on any atom is -0.465 e. The molecule has 6 nitrogen and oxygen atoms in total. The number of hydrogen-bond acceptors (Lipinski definition) is 7. The number of carbonyl (C=O) groups is 2. The van der Waals surface area contributed by atoms with Crippen molar-refractivity contribution >= 4 is 39.0 Å². The number of nitrogens with one attached hydrogen (secondary N) is 1. The number of ether oxygens (including phenoxy) is 2. The largest absolute Gasteiger partial charge is 0.465 e. The molecule has 1 heterocycles. The number of carbonyl (C=O) groups excluding carboxylic acids is 2. The minimum atomic E-state index is -0.422. The van der Waals surface area contributed by atoms with E-state index < -0.39 is 5.97 Å². The van der Waals surface area contributed by atoms with Crippen LogP contribution >= 0.6 is 11.3 Å². The second-order valence-electron chi connectivity index (χ2n) is 5.09. The second kappa shape index (κ2) is 7.43. The molecule has 7 heteroatoms. The van der Waals surface area contributed by atoms with Crippen molar-refractivity contribution in [3.8, 4) is 0 Å². The molecule has 0 saturated carbocycles. The zero-order valence-electron chi connectivity index (χ0n) is 13.3. The summed E-state index contributed by atoms with van der Waals surface area (Å²) < 4.78 is 10.7. The molecule has 3 N–H and O–H groups in total. The van der Waals surface area contributed by atoms with Crippen molar-refractivity contribution in [2.24, 2.45) is 5.73 Å². The Morgan fingerprint density at radius 1 is 1.35 bits per heavy atom. The summed E-state index contributed by atoms with van der Waals surface area (Å²) >= 11 is 1.32. The van der Waals surface area contributed by atoms with Gasteiger partial charge in [-0.1, -0.05) is 0 Å². The van der Waals surface area contributed by atoms with Crippen LogP contribution in [0, 0.1) is 0 Å². The van der Waals surface area contributed by atoms with Gasteiger partial charge in [-0.2, -0.15) is 0 Å². The highest BCUT2D eigenvalue weighted by molar-refractivity contribution is 7.21. The molecule has 0 aliphatic carbocycles. The lowest BCUT2D eigenvalue weighted by Gasteiger charge is -2.10. The van der Waals surface area contributed by atoms with E-state index in [9.17, 15) is 9.59 Å². The van der Waals surface area contributed by atoms with Gasteiger partial charge in [0.25, 0.3) is 0 Å². The molecule has 2 rings (SSSR count). The van der Waals surface area contributed by atoms with Crippen LogP contribution in [0.5, 0.6) is 0 Å². The molecule has 0 bridgehead atoms. The first-order valence-corrected chi connectivity index (χ1v) is 8.11. The summed E-state index contributed by atoms with van der Waals surface area (Å²) in [7, 11) is 1.33. The van der Waals surface area contributed by atoms with Gasteiger partial charge in [0.1, 0.15) is 4.88 Å². The van der Waals surface area contributed by atoms with Gasteiger partial charge in [0.2, 0.25) is 0 Å². The quantitative estimate of drug-likeness (QED) is 0.788. The van der Waals surface area contributed by atoms with E-state index in [-0.39, 0.29) is 12.0 Å². The average Bonchev–Trinajstić information content (AvgIpc) is 2.90. The van der Waals surface area contributed by atoms with Gasteiger partial charge < -0.3 is 20.5 Å². The highest BCUT2D eigenvalue weighted by Gasteiger charge is 2.21. The Hall–Kier alpha value is -2.12. The first-order chi connectivity index (χ1) is 11.0. The van der Waals surface area contributed by atoms with Crippen molar-refractivity contribution in [1.82, 2.24) is 0 Å². The van der Waals surface area contributed by atoms with Gasteiger partial charge in [0.15, 0.2) is 0 Å². The van der Waals surface area contributed by atoms with Crippen molar-refractivity contribution in [2.75, 3.05) is 25.6 Å².